The number of ketones is 1. The van der Waals surface area contributed by atoms with E-state index in [1.54, 1.807) is 0 Å². The summed E-state index contributed by atoms with van der Waals surface area (Å²) >= 11 is 3.41. The van der Waals surface area contributed by atoms with Crippen LogP contribution in [0.4, 0.5) is 0 Å². The predicted molar refractivity (Wildman–Crippen MR) is 76.8 cm³/mol. The number of piperazine rings is 1. The molecule has 0 N–H and O–H groups in total. The molecular weight excluding hydrogens is 292 g/mol. The Balaban J connectivity index is 2.00. The van der Waals surface area contributed by atoms with Crippen molar-refractivity contribution < 1.29 is 4.79 Å². The number of benzene rings is 1. The molecule has 1 atom stereocenters. The van der Waals surface area contributed by atoms with Gasteiger partial charge in [-0.05, 0) is 31.8 Å². The molecule has 18 heavy (non-hydrogen) atoms. The first kappa shape index (κ1) is 13.7. The number of halogens is 1. The highest BCUT2D eigenvalue weighted by Gasteiger charge is 2.27. The third-order valence-electron chi connectivity index (χ3n) is 3.51. The molecule has 1 fully saturated rings. The summed E-state index contributed by atoms with van der Waals surface area (Å²) in [6, 6.07) is 8.02. The van der Waals surface area contributed by atoms with Crippen LogP contribution in [0.2, 0.25) is 0 Å². The fourth-order valence-corrected chi connectivity index (χ4v) is 2.54. The largest absolute Gasteiger partial charge is 0.303 e. The van der Waals surface area contributed by atoms with E-state index in [1.807, 2.05) is 31.3 Å². The van der Waals surface area contributed by atoms with E-state index < -0.39 is 0 Å². The van der Waals surface area contributed by atoms with Crippen molar-refractivity contribution in [3.8, 4) is 0 Å². The molecule has 1 unspecified atom stereocenters. The Morgan fingerprint density at radius 2 is 1.94 bits per heavy atom. The van der Waals surface area contributed by atoms with E-state index in [0.29, 0.717) is 12.2 Å². The minimum atomic E-state index is 0.0346. The van der Waals surface area contributed by atoms with E-state index >= 15 is 0 Å². The molecule has 1 saturated heterocycles. The molecule has 0 bridgehead atoms. The molecule has 1 aromatic carbocycles. The van der Waals surface area contributed by atoms with Crippen molar-refractivity contribution in [2.45, 2.75) is 12.5 Å². The number of carbonyl (C=O) groups is 1. The smallest absolute Gasteiger partial charge is 0.155 e. The maximum Gasteiger partial charge on any atom is 0.155 e. The first-order valence-electron chi connectivity index (χ1n) is 6.22. The molecule has 0 spiro atoms. The molecule has 0 aromatic heterocycles. The molecule has 3 nitrogen and oxygen atoms in total. The summed E-state index contributed by atoms with van der Waals surface area (Å²) in [7, 11) is 4.12. The maximum absolute atomic E-state index is 12.3. The minimum absolute atomic E-state index is 0.0346. The van der Waals surface area contributed by atoms with Gasteiger partial charge in [0.1, 0.15) is 0 Å². The van der Waals surface area contributed by atoms with E-state index in [0.717, 1.165) is 29.7 Å². The quantitative estimate of drug-likeness (QED) is 0.850. The molecule has 1 aliphatic heterocycles. The van der Waals surface area contributed by atoms with Crippen LogP contribution in [0.5, 0.6) is 0 Å². The van der Waals surface area contributed by atoms with Gasteiger partial charge in [0.15, 0.2) is 5.78 Å². The van der Waals surface area contributed by atoms with E-state index in [4.69, 9.17) is 0 Å². The van der Waals surface area contributed by atoms with Gasteiger partial charge in [-0.3, -0.25) is 9.69 Å². The molecule has 2 rings (SSSR count). The fourth-order valence-electron chi connectivity index (χ4n) is 2.28. The average Bonchev–Trinajstić information content (AvgIpc) is 2.35. The van der Waals surface area contributed by atoms with Gasteiger partial charge in [-0.2, -0.15) is 0 Å². The lowest BCUT2D eigenvalue weighted by molar-refractivity contribution is -0.125. The van der Waals surface area contributed by atoms with Crippen molar-refractivity contribution in [1.82, 2.24) is 9.80 Å². The average molecular weight is 311 g/mol. The first-order valence-corrected chi connectivity index (χ1v) is 7.01. The summed E-state index contributed by atoms with van der Waals surface area (Å²) in [4.78, 5) is 16.7. The zero-order valence-electron chi connectivity index (χ0n) is 10.9. The van der Waals surface area contributed by atoms with E-state index in [2.05, 4.69) is 32.8 Å². The standard InChI is InChI=1S/C14H19BrN2O/c1-16-7-8-17(2)13(10-16)14(18)9-11-3-5-12(15)6-4-11/h3-6,13H,7-10H2,1-2H3. The highest BCUT2D eigenvalue weighted by Crippen LogP contribution is 2.14. The Labute approximate surface area is 117 Å². The zero-order valence-corrected chi connectivity index (χ0v) is 12.5. The van der Waals surface area contributed by atoms with Gasteiger partial charge in [0.25, 0.3) is 0 Å². The third kappa shape index (κ3) is 3.40. The summed E-state index contributed by atoms with van der Waals surface area (Å²) in [6.45, 7) is 2.84. The van der Waals surface area contributed by atoms with E-state index in [1.165, 1.54) is 0 Å². The minimum Gasteiger partial charge on any atom is -0.303 e. The van der Waals surface area contributed by atoms with Gasteiger partial charge in [-0.25, -0.2) is 0 Å². The second kappa shape index (κ2) is 5.95. The van der Waals surface area contributed by atoms with E-state index in [-0.39, 0.29) is 6.04 Å². The topological polar surface area (TPSA) is 23.6 Å². The number of rotatable bonds is 3. The van der Waals surface area contributed by atoms with Gasteiger partial charge in [0, 0.05) is 30.5 Å². The van der Waals surface area contributed by atoms with Crippen molar-refractivity contribution in [1.29, 1.82) is 0 Å². The normalized spacial score (nSPS) is 22.1. The van der Waals surface area contributed by atoms with Gasteiger partial charge >= 0.3 is 0 Å². The number of carbonyl (C=O) groups excluding carboxylic acids is 1. The summed E-state index contributed by atoms with van der Waals surface area (Å²) < 4.78 is 1.05. The van der Waals surface area contributed by atoms with Crippen LogP contribution in [-0.4, -0.2) is 55.4 Å². The monoisotopic (exact) mass is 310 g/mol. The number of hydrogen-bond acceptors (Lipinski definition) is 3. The van der Waals surface area contributed by atoms with Crippen molar-refractivity contribution >= 4 is 21.7 Å². The molecule has 98 valence electrons. The van der Waals surface area contributed by atoms with Crippen LogP contribution >= 0.6 is 15.9 Å². The van der Waals surface area contributed by atoms with Crippen molar-refractivity contribution in [2.75, 3.05) is 33.7 Å². The molecular formula is C14H19BrN2O. The summed E-state index contributed by atoms with van der Waals surface area (Å²) in [5, 5.41) is 0. The summed E-state index contributed by atoms with van der Waals surface area (Å²) in [6.07, 6.45) is 0.524. The maximum atomic E-state index is 12.3. The Bertz CT molecular complexity index is 418. The van der Waals surface area contributed by atoms with Crippen molar-refractivity contribution in [3.05, 3.63) is 34.3 Å². The lowest BCUT2D eigenvalue weighted by Gasteiger charge is -2.36. The first-order chi connectivity index (χ1) is 8.56. The Morgan fingerprint density at radius 1 is 1.28 bits per heavy atom. The molecule has 1 aliphatic rings. The van der Waals surface area contributed by atoms with Crippen LogP contribution in [-0.2, 0) is 11.2 Å². The molecule has 0 radical (unpaired) electrons. The Hall–Kier alpha value is -0.710. The van der Waals surface area contributed by atoms with Crippen molar-refractivity contribution in [3.63, 3.8) is 0 Å². The predicted octanol–water partition coefficient (Wildman–Crippen LogP) is 1.81. The Kier molecular flexibility index (Phi) is 4.54. The zero-order chi connectivity index (χ0) is 13.1. The molecule has 0 saturated carbocycles. The van der Waals surface area contributed by atoms with Gasteiger partial charge in [-0.15, -0.1) is 0 Å². The van der Waals surface area contributed by atoms with Crippen LogP contribution in [0.25, 0.3) is 0 Å². The number of Topliss-reactive ketones (excluding diaryl/α,β-unsaturated/α-hetero) is 1. The SMILES string of the molecule is CN1CCN(C)C(C(=O)Cc2ccc(Br)cc2)C1. The number of hydrogen-bond donors (Lipinski definition) is 0. The molecule has 4 heteroatoms. The fraction of sp³-hybridized carbons (Fsp3) is 0.500. The highest BCUT2D eigenvalue weighted by atomic mass is 79.9. The lowest BCUT2D eigenvalue weighted by atomic mass is 10.0. The van der Waals surface area contributed by atoms with Crippen LogP contribution in [0.15, 0.2) is 28.7 Å². The molecule has 1 aromatic rings. The van der Waals surface area contributed by atoms with Crippen LogP contribution in [0.1, 0.15) is 5.56 Å². The van der Waals surface area contributed by atoms with Crippen LogP contribution in [0, 0.1) is 0 Å². The van der Waals surface area contributed by atoms with Gasteiger partial charge in [-0.1, -0.05) is 28.1 Å². The third-order valence-corrected chi connectivity index (χ3v) is 4.04. The Morgan fingerprint density at radius 3 is 2.61 bits per heavy atom. The second-order valence-corrected chi connectivity index (χ2v) is 5.94. The number of nitrogens with zero attached hydrogens (tertiary/aromatic N) is 2. The molecule has 1 heterocycles. The molecule has 0 amide bonds. The van der Waals surface area contributed by atoms with Gasteiger partial charge in [0.05, 0.1) is 6.04 Å². The summed E-state index contributed by atoms with van der Waals surface area (Å²) in [5.41, 5.74) is 1.09. The van der Waals surface area contributed by atoms with Crippen molar-refractivity contribution in [2.24, 2.45) is 0 Å². The second-order valence-electron chi connectivity index (χ2n) is 5.03. The highest BCUT2D eigenvalue weighted by molar-refractivity contribution is 9.10. The number of likely N-dealkylation sites (N-methyl/N-ethyl adjacent to an activating group) is 2. The van der Waals surface area contributed by atoms with Gasteiger partial charge < -0.3 is 4.90 Å². The van der Waals surface area contributed by atoms with E-state index in [9.17, 15) is 4.79 Å². The van der Waals surface area contributed by atoms with Gasteiger partial charge in [0.2, 0.25) is 0 Å². The summed E-state index contributed by atoms with van der Waals surface area (Å²) in [5.74, 6) is 0.311. The molecule has 0 aliphatic carbocycles. The lowest BCUT2D eigenvalue weighted by Crippen LogP contribution is -2.53. The van der Waals surface area contributed by atoms with Crippen LogP contribution in [0.3, 0.4) is 0 Å². The van der Waals surface area contributed by atoms with Crippen LogP contribution < -0.4 is 0 Å².